The van der Waals surface area contributed by atoms with Crippen molar-refractivity contribution >= 4 is 104 Å². The molecule has 0 aromatic carbocycles. The molecule has 0 amide bonds. The zero-order chi connectivity index (χ0) is 25.1. The zero-order valence-electron chi connectivity index (χ0n) is 19.9. The first-order chi connectivity index (χ1) is 18.7. The average Bonchev–Trinajstić information content (AvgIpc) is 3.74. The molecular formula is C32H19S6+. The zero-order valence-corrected chi connectivity index (χ0v) is 24.8. The van der Waals surface area contributed by atoms with Crippen LogP contribution in [0.5, 0.6) is 0 Å². The lowest BCUT2D eigenvalue weighted by Crippen LogP contribution is -1.97. The fraction of sp³-hybridized carbons (Fsp3) is 0.0312. The maximum absolute atomic E-state index is 2.33. The summed E-state index contributed by atoms with van der Waals surface area (Å²) in [6.07, 6.45) is 13.7. The van der Waals surface area contributed by atoms with Crippen molar-refractivity contribution < 1.29 is 0 Å². The van der Waals surface area contributed by atoms with E-state index in [2.05, 4.69) is 109 Å². The normalized spacial score (nSPS) is 16.9. The third-order valence-corrected chi connectivity index (χ3v) is 13.2. The van der Waals surface area contributed by atoms with Crippen LogP contribution in [0.4, 0.5) is 0 Å². The first kappa shape index (κ1) is 23.2. The first-order valence-electron chi connectivity index (χ1n) is 12.3. The Morgan fingerprint density at radius 2 is 0.632 bits per heavy atom. The van der Waals surface area contributed by atoms with Gasteiger partial charge in [0.15, 0.2) is 0 Å². The molecule has 3 aliphatic heterocycles. The fourth-order valence-corrected chi connectivity index (χ4v) is 11.4. The quantitative estimate of drug-likeness (QED) is 0.153. The molecule has 9 heterocycles. The van der Waals surface area contributed by atoms with Crippen molar-refractivity contribution in [2.45, 2.75) is 5.92 Å². The minimum atomic E-state index is 0.256. The van der Waals surface area contributed by atoms with Gasteiger partial charge in [0, 0.05) is 62.1 Å². The van der Waals surface area contributed by atoms with Gasteiger partial charge in [-0.05, 0) is 91.1 Å². The van der Waals surface area contributed by atoms with Gasteiger partial charge in [-0.1, -0.05) is 0 Å². The Kier molecular flexibility index (Phi) is 5.79. The average molecular weight is 596 g/mol. The van der Waals surface area contributed by atoms with Crippen LogP contribution in [0, 0.1) is 5.92 Å². The molecule has 9 rings (SSSR count). The van der Waals surface area contributed by atoms with Gasteiger partial charge in [-0.3, -0.25) is 0 Å². The van der Waals surface area contributed by atoms with E-state index in [0.29, 0.717) is 0 Å². The lowest BCUT2D eigenvalue weighted by Gasteiger charge is -2.12. The summed E-state index contributed by atoms with van der Waals surface area (Å²) in [4.78, 5) is 15.9. The van der Waals surface area contributed by atoms with Crippen LogP contribution in [-0.4, -0.2) is 0 Å². The highest BCUT2D eigenvalue weighted by Gasteiger charge is 2.29. The molecule has 0 radical (unpaired) electrons. The molecule has 0 unspecified atom stereocenters. The van der Waals surface area contributed by atoms with Crippen LogP contribution in [0.25, 0.3) is 36.5 Å². The monoisotopic (exact) mass is 595 g/mol. The van der Waals surface area contributed by atoms with E-state index in [4.69, 9.17) is 0 Å². The van der Waals surface area contributed by atoms with Crippen LogP contribution >= 0.6 is 68.0 Å². The lowest BCUT2D eigenvalue weighted by atomic mass is 10.0. The molecule has 0 spiro atoms. The second-order valence-corrected chi connectivity index (χ2v) is 15.9. The van der Waals surface area contributed by atoms with Crippen LogP contribution in [-0.2, 0) is 0 Å². The Morgan fingerprint density at radius 3 is 0.974 bits per heavy atom. The highest BCUT2D eigenvalue weighted by atomic mass is 32.1. The van der Waals surface area contributed by atoms with Crippen LogP contribution in [0.1, 0.15) is 64.4 Å². The SMILES string of the molecule is C1=C\c2ccc(s2)C2c3ccc(s3)/C=C\c3ccc(s3)[C+](c3ccc/1s3)c1ccc(s1)/C=C\c1ccc2s1. The van der Waals surface area contributed by atoms with E-state index in [9.17, 15) is 0 Å². The summed E-state index contributed by atoms with van der Waals surface area (Å²) in [6.45, 7) is 0. The topological polar surface area (TPSA) is 0 Å². The number of hydrogen-bond acceptors (Lipinski definition) is 6. The molecule has 38 heavy (non-hydrogen) atoms. The van der Waals surface area contributed by atoms with Crippen molar-refractivity contribution in [1.82, 2.24) is 0 Å². The van der Waals surface area contributed by atoms with Gasteiger partial charge in [-0.25, -0.2) is 0 Å². The van der Waals surface area contributed by atoms with E-state index in [1.54, 1.807) is 0 Å². The molecular weight excluding hydrogens is 577 g/mol. The summed E-state index contributed by atoms with van der Waals surface area (Å²) >= 11 is 11.4. The van der Waals surface area contributed by atoms with E-state index in [-0.39, 0.29) is 5.92 Å². The first-order valence-corrected chi connectivity index (χ1v) is 17.2. The molecule has 182 valence electrons. The molecule has 6 aromatic heterocycles. The van der Waals surface area contributed by atoms with E-state index in [0.717, 1.165) is 0 Å². The largest absolute Gasteiger partial charge is 0.140 e. The van der Waals surface area contributed by atoms with Crippen LogP contribution in [0.3, 0.4) is 0 Å². The van der Waals surface area contributed by atoms with Gasteiger partial charge in [0.05, 0.1) is 5.92 Å². The second-order valence-electron chi connectivity index (χ2n) is 9.13. The van der Waals surface area contributed by atoms with Gasteiger partial charge >= 0.3 is 0 Å². The minimum absolute atomic E-state index is 0.256. The molecule has 6 heteroatoms. The molecule has 0 fully saturated rings. The van der Waals surface area contributed by atoms with Gasteiger partial charge in [0.1, 0.15) is 20.5 Å². The van der Waals surface area contributed by atoms with Gasteiger partial charge in [-0.2, -0.15) is 0 Å². The summed E-state index contributed by atoms with van der Waals surface area (Å²) in [5.74, 6) is 1.59. The summed E-state index contributed by atoms with van der Waals surface area (Å²) < 4.78 is 0. The summed E-state index contributed by atoms with van der Waals surface area (Å²) in [5, 5.41) is 0. The van der Waals surface area contributed by atoms with E-state index in [1.165, 1.54) is 64.4 Å². The molecule has 0 nitrogen and oxygen atoms in total. The lowest BCUT2D eigenvalue weighted by molar-refractivity contribution is 1.07. The number of hydrogen-bond donors (Lipinski definition) is 0. The van der Waals surface area contributed by atoms with E-state index in [1.807, 2.05) is 68.0 Å². The third-order valence-electron chi connectivity index (χ3n) is 6.65. The van der Waals surface area contributed by atoms with Crippen LogP contribution in [0.2, 0.25) is 0 Å². The predicted molar refractivity (Wildman–Crippen MR) is 174 cm³/mol. The Labute approximate surface area is 245 Å². The molecule has 3 aliphatic rings. The molecule has 0 saturated carbocycles. The van der Waals surface area contributed by atoms with Gasteiger partial charge in [0.2, 0.25) is 0 Å². The molecule has 6 aromatic rings. The summed E-state index contributed by atoms with van der Waals surface area (Å²) in [5.41, 5.74) is 0. The number of rotatable bonds is 0. The van der Waals surface area contributed by atoms with E-state index < -0.39 is 0 Å². The molecule has 0 atom stereocenters. The Balaban J connectivity index is 1.41. The Hall–Kier alpha value is -2.71. The fourth-order valence-electron chi connectivity index (χ4n) is 4.85. The minimum Gasteiger partial charge on any atom is -0.140 e. The second kappa shape index (κ2) is 9.49. The van der Waals surface area contributed by atoms with Crippen molar-refractivity contribution in [3.63, 3.8) is 0 Å². The standard InChI is InChI=1S/C32H19S6/c1-2-20-8-14-26(34-20)32-29-17-11-23(37-29)5-3-21-9-15-27(35-21)31(25-13-7-19(1)33-25)28-16-10-22(36-28)4-6-24-12-18-30(32)38-24/h1-18,31H/q+1/b2-1-,5-3-,6-4-. The number of thiophene rings is 6. The summed E-state index contributed by atoms with van der Waals surface area (Å²) in [6, 6.07) is 27.5. The predicted octanol–water partition coefficient (Wildman–Crippen LogP) is 11.4. The van der Waals surface area contributed by atoms with Crippen molar-refractivity contribution in [1.29, 1.82) is 0 Å². The maximum atomic E-state index is 2.33. The third kappa shape index (κ3) is 4.26. The highest BCUT2D eigenvalue weighted by molar-refractivity contribution is 7.18. The molecule has 0 aliphatic carbocycles. The molecule has 14 bridgehead atoms. The van der Waals surface area contributed by atoms with Gasteiger partial charge < -0.3 is 0 Å². The van der Waals surface area contributed by atoms with Crippen molar-refractivity contribution in [2.24, 2.45) is 0 Å². The maximum Gasteiger partial charge on any atom is 0.120 e. The molecule has 0 N–H and O–H groups in total. The van der Waals surface area contributed by atoms with E-state index >= 15 is 0 Å². The van der Waals surface area contributed by atoms with Crippen LogP contribution in [0.15, 0.2) is 72.8 Å². The van der Waals surface area contributed by atoms with Crippen molar-refractivity contribution in [2.75, 3.05) is 0 Å². The summed E-state index contributed by atoms with van der Waals surface area (Å²) in [7, 11) is 0. The van der Waals surface area contributed by atoms with Gasteiger partial charge in [-0.15, -0.1) is 68.0 Å². The van der Waals surface area contributed by atoms with Gasteiger partial charge in [0.25, 0.3) is 0 Å². The van der Waals surface area contributed by atoms with Crippen molar-refractivity contribution in [3.05, 3.63) is 137 Å². The molecule has 0 saturated heterocycles. The van der Waals surface area contributed by atoms with Crippen molar-refractivity contribution in [3.8, 4) is 0 Å². The Bertz CT molecular complexity index is 1500. The Morgan fingerprint density at radius 1 is 0.342 bits per heavy atom. The smallest absolute Gasteiger partial charge is 0.120 e. The van der Waals surface area contributed by atoms with Crippen LogP contribution < -0.4 is 0 Å². The highest BCUT2D eigenvalue weighted by Crippen LogP contribution is 2.45.